The van der Waals surface area contributed by atoms with Crippen LogP contribution in [0.3, 0.4) is 0 Å². The number of esters is 1. The molecule has 1 rings (SSSR count). The molecule has 1 aromatic heterocycles. The summed E-state index contributed by atoms with van der Waals surface area (Å²) in [6.45, 7) is 5.79. The fraction of sp³-hybridized carbons (Fsp3) is 0.643. The van der Waals surface area contributed by atoms with Gasteiger partial charge in [0, 0.05) is 29.3 Å². The normalized spacial score (nSPS) is 10.7. The van der Waals surface area contributed by atoms with Crippen LogP contribution in [0.25, 0.3) is 0 Å². The molecule has 1 heterocycles. The van der Waals surface area contributed by atoms with Crippen molar-refractivity contribution in [2.75, 3.05) is 19.4 Å². The molecule has 1 aromatic rings. The Hall–Kier alpha value is -1.08. The van der Waals surface area contributed by atoms with Crippen molar-refractivity contribution < 1.29 is 14.3 Å². The summed E-state index contributed by atoms with van der Waals surface area (Å²) in [5.41, 5.74) is 1.06. The number of aryl methyl sites for hydroxylation is 1. The van der Waals surface area contributed by atoms with E-state index >= 15 is 0 Å². The highest BCUT2D eigenvalue weighted by Crippen LogP contribution is 2.16. The van der Waals surface area contributed by atoms with Crippen molar-refractivity contribution in [2.24, 2.45) is 0 Å². The first kappa shape index (κ1) is 18.0. The molecular formula is C14H22N2O3S2. The second kappa shape index (κ2) is 9.04. The number of nitrogens with zero attached hydrogens (tertiary/aromatic N) is 2. The average Bonchev–Trinajstić information content (AvgIpc) is 2.85. The fourth-order valence-electron chi connectivity index (χ4n) is 1.72. The maximum absolute atomic E-state index is 12.1. The van der Waals surface area contributed by atoms with Gasteiger partial charge in [0.05, 0.1) is 17.8 Å². The summed E-state index contributed by atoms with van der Waals surface area (Å²) in [5.74, 6) is 1.14. The molecule has 118 valence electrons. The minimum atomic E-state index is -0.386. The molecule has 0 aliphatic rings. The number of carbonyl (C=O) groups is 2. The van der Waals surface area contributed by atoms with Crippen LogP contribution in [0.15, 0.2) is 5.38 Å². The van der Waals surface area contributed by atoms with Gasteiger partial charge < -0.3 is 9.64 Å². The molecule has 21 heavy (non-hydrogen) atoms. The van der Waals surface area contributed by atoms with Gasteiger partial charge in [0.15, 0.2) is 0 Å². The zero-order valence-electron chi connectivity index (χ0n) is 12.9. The topological polar surface area (TPSA) is 59.5 Å². The lowest BCUT2D eigenvalue weighted by Crippen LogP contribution is -2.41. The SMILES string of the molecule is COC(=O)CN(C(=O)CCSCc1csc(C)n1)C(C)C. The smallest absolute Gasteiger partial charge is 0.325 e. The summed E-state index contributed by atoms with van der Waals surface area (Å²) in [6.07, 6.45) is 0.420. The van der Waals surface area contributed by atoms with Gasteiger partial charge in [0.25, 0.3) is 0 Å². The third-order valence-electron chi connectivity index (χ3n) is 2.85. The molecule has 0 fully saturated rings. The molecule has 0 unspecified atom stereocenters. The molecule has 0 bridgehead atoms. The Kier molecular flexibility index (Phi) is 7.74. The molecular weight excluding hydrogens is 308 g/mol. The Morgan fingerprint density at radius 2 is 2.19 bits per heavy atom. The van der Waals surface area contributed by atoms with E-state index in [-0.39, 0.29) is 24.5 Å². The third-order valence-corrected chi connectivity index (χ3v) is 4.66. The molecule has 0 N–H and O–H groups in total. The van der Waals surface area contributed by atoms with E-state index in [4.69, 9.17) is 0 Å². The predicted molar refractivity (Wildman–Crippen MR) is 86.5 cm³/mol. The van der Waals surface area contributed by atoms with Gasteiger partial charge in [-0.25, -0.2) is 4.98 Å². The largest absolute Gasteiger partial charge is 0.468 e. The number of thioether (sulfide) groups is 1. The predicted octanol–water partition coefficient (Wildman–Crippen LogP) is 2.48. The standard InChI is InChI=1S/C14H22N2O3S2/c1-10(2)16(7-14(18)19-4)13(17)5-6-20-8-12-9-21-11(3)15-12/h9-10H,5-8H2,1-4H3. The Labute approximate surface area is 134 Å². The molecule has 1 amide bonds. The zero-order valence-corrected chi connectivity index (χ0v) is 14.6. The first-order valence-electron chi connectivity index (χ1n) is 6.79. The molecule has 0 aliphatic heterocycles. The van der Waals surface area contributed by atoms with Crippen molar-refractivity contribution >= 4 is 35.0 Å². The Morgan fingerprint density at radius 3 is 2.71 bits per heavy atom. The van der Waals surface area contributed by atoms with Crippen LogP contribution in [0.1, 0.15) is 31.0 Å². The number of amides is 1. The van der Waals surface area contributed by atoms with Crippen LogP contribution in [0.5, 0.6) is 0 Å². The summed E-state index contributed by atoms with van der Waals surface area (Å²) >= 11 is 3.32. The van der Waals surface area contributed by atoms with Crippen LogP contribution in [-0.2, 0) is 20.1 Å². The van der Waals surface area contributed by atoms with Crippen LogP contribution in [0, 0.1) is 6.92 Å². The molecule has 0 aromatic carbocycles. The van der Waals surface area contributed by atoms with Crippen molar-refractivity contribution in [1.82, 2.24) is 9.88 Å². The van der Waals surface area contributed by atoms with Gasteiger partial charge in [-0.15, -0.1) is 11.3 Å². The highest BCUT2D eigenvalue weighted by molar-refractivity contribution is 7.98. The Balaban J connectivity index is 2.34. The summed E-state index contributed by atoms with van der Waals surface area (Å²) < 4.78 is 4.62. The molecule has 0 saturated carbocycles. The lowest BCUT2D eigenvalue weighted by atomic mass is 10.3. The Bertz CT molecular complexity index is 475. The van der Waals surface area contributed by atoms with E-state index in [1.54, 1.807) is 28.0 Å². The van der Waals surface area contributed by atoms with Gasteiger partial charge in [0.2, 0.25) is 5.91 Å². The number of carbonyl (C=O) groups excluding carboxylic acids is 2. The molecule has 0 atom stereocenters. The zero-order chi connectivity index (χ0) is 15.8. The lowest BCUT2D eigenvalue weighted by Gasteiger charge is -2.25. The Morgan fingerprint density at radius 1 is 1.48 bits per heavy atom. The van der Waals surface area contributed by atoms with Crippen LogP contribution in [0.2, 0.25) is 0 Å². The van der Waals surface area contributed by atoms with Gasteiger partial charge in [-0.2, -0.15) is 11.8 Å². The number of hydrogen-bond donors (Lipinski definition) is 0. The van der Waals surface area contributed by atoms with Gasteiger partial charge in [-0.1, -0.05) is 0 Å². The number of methoxy groups -OCH3 is 1. The van der Waals surface area contributed by atoms with Crippen molar-refractivity contribution in [3.8, 4) is 0 Å². The summed E-state index contributed by atoms with van der Waals surface area (Å²) in [5, 5.41) is 3.10. The average molecular weight is 330 g/mol. The lowest BCUT2D eigenvalue weighted by molar-refractivity contribution is -0.148. The van der Waals surface area contributed by atoms with Gasteiger partial charge in [0.1, 0.15) is 6.54 Å². The third kappa shape index (κ3) is 6.48. The number of thiazole rings is 1. The maximum atomic E-state index is 12.1. The second-order valence-electron chi connectivity index (χ2n) is 4.85. The number of ether oxygens (including phenoxy) is 1. The highest BCUT2D eigenvalue weighted by atomic mass is 32.2. The van der Waals surface area contributed by atoms with Crippen molar-refractivity contribution in [3.63, 3.8) is 0 Å². The monoisotopic (exact) mass is 330 g/mol. The number of aromatic nitrogens is 1. The first-order valence-corrected chi connectivity index (χ1v) is 8.82. The van der Waals surface area contributed by atoms with E-state index in [0.717, 1.165) is 22.2 Å². The molecule has 0 saturated heterocycles. The van der Waals surface area contributed by atoms with Gasteiger partial charge in [-0.05, 0) is 20.8 Å². The molecule has 7 heteroatoms. The molecule has 0 radical (unpaired) electrons. The van der Waals surface area contributed by atoms with E-state index in [1.165, 1.54) is 7.11 Å². The minimum Gasteiger partial charge on any atom is -0.468 e. The summed E-state index contributed by atoms with van der Waals surface area (Å²) in [6, 6.07) is -0.0113. The van der Waals surface area contributed by atoms with Crippen molar-refractivity contribution in [1.29, 1.82) is 0 Å². The van der Waals surface area contributed by atoms with Crippen molar-refractivity contribution in [2.45, 2.75) is 39.0 Å². The molecule has 0 spiro atoms. The first-order chi connectivity index (χ1) is 9.93. The minimum absolute atomic E-state index is 0.0113. The van der Waals surface area contributed by atoms with Gasteiger partial charge in [-0.3, -0.25) is 9.59 Å². The van der Waals surface area contributed by atoms with Gasteiger partial charge >= 0.3 is 5.97 Å². The van der Waals surface area contributed by atoms with Crippen LogP contribution < -0.4 is 0 Å². The van der Waals surface area contributed by atoms with E-state index in [2.05, 4.69) is 9.72 Å². The summed E-state index contributed by atoms with van der Waals surface area (Å²) in [7, 11) is 1.33. The van der Waals surface area contributed by atoms with E-state index in [9.17, 15) is 9.59 Å². The molecule has 5 nitrogen and oxygen atoms in total. The van der Waals surface area contributed by atoms with Crippen LogP contribution in [0.4, 0.5) is 0 Å². The van der Waals surface area contributed by atoms with Crippen molar-refractivity contribution in [3.05, 3.63) is 16.1 Å². The number of hydrogen-bond acceptors (Lipinski definition) is 6. The number of rotatable bonds is 8. The van der Waals surface area contributed by atoms with Crippen LogP contribution in [-0.4, -0.2) is 47.2 Å². The van der Waals surface area contributed by atoms with E-state index < -0.39 is 0 Å². The van der Waals surface area contributed by atoms with E-state index in [1.807, 2.05) is 26.2 Å². The van der Waals surface area contributed by atoms with E-state index in [0.29, 0.717) is 6.42 Å². The maximum Gasteiger partial charge on any atom is 0.325 e. The molecule has 0 aliphatic carbocycles. The second-order valence-corrected chi connectivity index (χ2v) is 7.02. The fourth-order valence-corrected chi connectivity index (χ4v) is 3.26. The summed E-state index contributed by atoms with van der Waals surface area (Å²) in [4.78, 5) is 29.4. The quantitative estimate of drug-likeness (QED) is 0.541. The highest BCUT2D eigenvalue weighted by Gasteiger charge is 2.20. The van der Waals surface area contributed by atoms with Crippen LogP contribution >= 0.6 is 23.1 Å².